The fraction of sp³-hybridized carbons (Fsp3) is 0.474. The van der Waals surface area contributed by atoms with Crippen molar-refractivity contribution in [3.05, 3.63) is 36.0 Å². The lowest BCUT2D eigenvalue weighted by Crippen LogP contribution is -2.47. The molecule has 0 saturated carbocycles. The number of hydrogen-bond donors (Lipinski definition) is 2. The molecule has 2 aromatic rings. The summed E-state index contributed by atoms with van der Waals surface area (Å²) in [5, 5.41) is 11.3. The van der Waals surface area contributed by atoms with Gasteiger partial charge in [0.2, 0.25) is 0 Å². The summed E-state index contributed by atoms with van der Waals surface area (Å²) in [5.74, 6) is -1.39. The van der Waals surface area contributed by atoms with E-state index in [4.69, 9.17) is 4.74 Å². The summed E-state index contributed by atoms with van der Waals surface area (Å²) in [5.41, 5.74) is 1.27. The topological polar surface area (TPSA) is 82.6 Å². The summed E-state index contributed by atoms with van der Waals surface area (Å²) in [4.78, 5) is 28.9. The fourth-order valence-electron chi connectivity index (χ4n) is 2.87. The van der Waals surface area contributed by atoms with E-state index < -0.39 is 23.6 Å². The summed E-state index contributed by atoms with van der Waals surface area (Å²) in [6.45, 7) is 5.74. The summed E-state index contributed by atoms with van der Waals surface area (Å²) in [6, 6.07) is 6.94. The second-order valence-electron chi connectivity index (χ2n) is 7.16. The van der Waals surface area contributed by atoms with E-state index in [2.05, 4.69) is 20.9 Å². The van der Waals surface area contributed by atoms with E-state index >= 15 is 0 Å². The number of aromatic nitrogens is 1. The van der Waals surface area contributed by atoms with Crippen molar-refractivity contribution in [1.82, 2.24) is 9.88 Å². The Labute approximate surface area is 161 Å². The van der Waals surface area contributed by atoms with Gasteiger partial charge in [-0.15, -0.1) is 0 Å². The molecule has 1 aromatic heterocycles. The molecule has 0 fully saturated rings. The number of hydrogen-bond acceptors (Lipinski definition) is 4. The first-order chi connectivity index (χ1) is 12.2. The van der Waals surface area contributed by atoms with Crippen LogP contribution in [0.15, 0.2) is 30.5 Å². The summed E-state index contributed by atoms with van der Waals surface area (Å²) in [7, 11) is 0. The van der Waals surface area contributed by atoms with Gasteiger partial charge in [0.15, 0.2) is 0 Å². The number of nitrogens with zero attached hydrogens (tertiary/aromatic N) is 1. The zero-order valence-corrected chi connectivity index (χ0v) is 16.9. The minimum absolute atomic E-state index is 0.0673. The monoisotopic (exact) mass is 424 g/mol. The molecule has 2 rings (SSSR count). The number of carboxylic acids is 1. The third-order valence-corrected chi connectivity index (χ3v) is 4.29. The minimum atomic E-state index is -0.959. The van der Waals surface area contributed by atoms with Gasteiger partial charge in [-0.05, 0) is 32.4 Å². The maximum absolute atomic E-state index is 12.2. The van der Waals surface area contributed by atoms with E-state index in [-0.39, 0.29) is 6.54 Å². The van der Waals surface area contributed by atoms with Crippen LogP contribution in [0.1, 0.15) is 26.3 Å². The van der Waals surface area contributed by atoms with Gasteiger partial charge in [0.1, 0.15) is 11.6 Å². The van der Waals surface area contributed by atoms with Crippen molar-refractivity contribution in [3.8, 4) is 0 Å². The van der Waals surface area contributed by atoms with Crippen molar-refractivity contribution >= 4 is 38.8 Å². The first-order valence-electron chi connectivity index (χ1n) is 8.51. The van der Waals surface area contributed by atoms with Crippen molar-refractivity contribution in [1.29, 1.82) is 0 Å². The van der Waals surface area contributed by atoms with Crippen molar-refractivity contribution in [2.75, 3.05) is 18.4 Å². The normalized spacial score (nSPS) is 13.1. The molecule has 1 heterocycles. The maximum atomic E-state index is 12.2. The Morgan fingerprint density at radius 1 is 1.31 bits per heavy atom. The number of aromatic amines is 1. The number of alkyl halides is 1. The van der Waals surface area contributed by atoms with Crippen LogP contribution in [-0.4, -0.2) is 57.0 Å². The van der Waals surface area contributed by atoms with Crippen LogP contribution in [-0.2, 0) is 20.7 Å². The summed E-state index contributed by atoms with van der Waals surface area (Å²) < 4.78 is 5.35. The van der Waals surface area contributed by atoms with Crippen molar-refractivity contribution < 1.29 is 19.4 Å². The highest BCUT2D eigenvalue weighted by atomic mass is 79.9. The Bertz CT molecular complexity index is 766. The zero-order chi connectivity index (χ0) is 19.3. The second kappa shape index (κ2) is 8.68. The molecule has 0 bridgehead atoms. The Balaban J connectivity index is 2.21. The number of benzene rings is 1. The molecule has 2 N–H and O–H groups in total. The number of nitrogens with one attached hydrogen (secondary N) is 1. The van der Waals surface area contributed by atoms with E-state index in [0.717, 1.165) is 16.5 Å². The standard InChI is InChI=1S/C19H25BrN2O4/c1-19(2,3)26-17(23)12-22(9-8-20)16(18(24)25)10-13-11-21-15-7-5-4-6-14(13)15/h4-7,11,16,21H,8-10,12H2,1-3H3,(H,24,25)/t16-/m0/s1. The molecular weight excluding hydrogens is 400 g/mol. The predicted octanol–water partition coefficient (Wildman–Crippen LogP) is 3.20. The van der Waals surface area contributed by atoms with Gasteiger partial charge in [-0.2, -0.15) is 0 Å². The number of aliphatic carboxylic acids is 1. The van der Waals surface area contributed by atoms with E-state index in [9.17, 15) is 14.7 Å². The third kappa shape index (κ3) is 5.57. The SMILES string of the molecule is CC(C)(C)OC(=O)CN(CCBr)[C@@H](Cc1c[nH]c2ccccc12)C(=O)O. The molecule has 0 aliphatic carbocycles. The molecule has 0 amide bonds. The van der Waals surface area contributed by atoms with Crippen LogP contribution in [0, 0.1) is 0 Å². The van der Waals surface area contributed by atoms with Crippen LogP contribution in [0.5, 0.6) is 0 Å². The first-order valence-corrected chi connectivity index (χ1v) is 9.63. The fourth-order valence-corrected chi connectivity index (χ4v) is 3.33. The smallest absolute Gasteiger partial charge is 0.321 e. The number of carboxylic acid groups (broad SMARTS) is 1. The lowest BCUT2D eigenvalue weighted by Gasteiger charge is -2.29. The number of carbonyl (C=O) groups is 2. The highest BCUT2D eigenvalue weighted by Crippen LogP contribution is 2.21. The highest BCUT2D eigenvalue weighted by Gasteiger charge is 2.29. The largest absolute Gasteiger partial charge is 0.480 e. The molecule has 1 atom stereocenters. The van der Waals surface area contributed by atoms with Crippen molar-refractivity contribution in [2.45, 2.75) is 38.8 Å². The van der Waals surface area contributed by atoms with Gasteiger partial charge in [0.25, 0.3) is 0 Å². The van der Waals surface area contributed by atoms with Crippen molar-refractivity contribution in [2.24, 2.45) is 0 Å². The molecule has 142 valence electrons. The van der Waals surface area contributed by atoms with Crippen LogP contribution < -0.4 is 0 Å². The third-order valence-electron chi connectivity index (χ3n) is 3.94. The highest BCUT2D eigenvalue weighted by molar-refractivity contribution is 9.09. The van der Waals surface area contributed by atoms with Gasteiger partial charge >= 0.3 is 11.9 Å². The van der Waals surface area contributed by atoms with Gasteiger partial charge in [0, 0.05) is 35.4 Å². The Morgan fingerprint density at radius 3 is 2.62 bits per heavy atom. The molecule has 0 saturated heterocycles. The van der Waals surface area contributed by atoms with E-state index in [1.807, 2.05) is 30.5 Å². The van der Waals surface area contributed by atoms with Gasteiger partial charge in [-0.25, -0.2) is 0 Å². The van der Waals surface area contributed by atoms with Crippen LogP contribution >= 0.6 is 15.9 Å². The van der Waals surface area contributed by atoms with Crippen molar-refractivity contribution in [3.63, 3.8) is 0 Å². The minimum Gasteiger partial charge on any atom is -0.480 e. The average Bonchev–Trinajstić information content (AvgIpc) is 2.93. The quantitative estimate of drug-likeness (QED) is 0.502. The molecule has 7 heteroatoms. The van der Waals surface area contributed by atoms with E-state index in [0.29, 0.717) is 18.3 Å². The molecule has 0 spiro atoms. The average molecular weight is 425 g/mol. The summed E-state index contributed by atoms with van der Waals surface area (Å²) in [6.07, 6.45) is 2.13. The Hall–Kier alpha value is -1.86. The number of para-hydroxylation sites is 1. The van der Waals surface area contributed by atoms with E-state index in [1.165, 1.54) is 0 Å². The number of halogens is 1. The van der Waals surface area contributed by atoms with Crippen LogP contribution in [0.3, 0.4) is 0 Å². The molecule has 0 unspecified atom stereocenters. The number of ether oxygens (including phenoxy) is 1. The molecule has 0 radical (unpaired) electrons. The van der Waals surface area contributed by atoms with Gasteiger partial charge < -0.3 is 14.8 Å². The molecule has 6 nitrogen and oxygen atoms in total. The number of rotatable bonds is 8. The molecule has 1 aromatic carbocycles. The van der Waals surface area contributed by atoms with Crippen LogP contribution in [0.4, 0.5) is 0 Å². The maximum Gasteiger partial charge on any atom is 0.321 e. The predicted molar refractivity (Wildman–Crippen MR) is 105 cm³/mol. The number of esters is 1. The Kier molecular flexibility index (Phi) is 6.83. The number of carbonyl (C=O) groups excluding carboxylic acids is 1. The van der Waals surface area contributed by atoms with Gasteiger partial charge in [-0.3, -0.25) is 14.5 Å². The summed E-state index contributed by atoms with van der Waals surface area (Å²) >= 11 is 3.34. The van der Waals surface area contributed by atoms with Gasteiger partial charge in [-0.1, -0.05) is 34.1 Å². The first kappa shape index (κ1) is 20.5. The van der Waals surface area contributed by atoms with Crippen LogP contribution in [0.25, 0.3) is 10.9 Å². The molecule has 0 aliphatic rings. The number of H-pyrrole nitrogens is 1. The van der Waals surface area contributed by atoms with E-state index in [1.54, 1.807) is 25.7 Å². The Morgan fingerprint density at radius 2 is 2.00 bits per heavy atom. The molecular formula is C19H25BrN2O4. The number of fused-ring (bicyclic) bond motifs is 1. The second-order valence-corrected chi connectivity index (χ2v) is 7.96. The van der Waals surface area contributed by atoms with Gasteiger partial charge in [0.05, 0.1) is 6.54 Å². The zero-order valence-electron chi connectivity index (χ0n) is 15.3. The molecule has 0 aliphatic heterocycles. The van der Waals surface area contributed by atoms with Crippen LogP contribution in [0.2, 0.25) is 0 Å². The lowest BCUT2D eigenvalue weighted by atomic mass is 10.0. The molecule has 26 heavy (non-hydrogen) atoms. The lowest BCUT2D eigenvalue weighted by molar-refractivity contribution is -0.158.